The number of fused-ring (bicyclic) bond motifs is 1. The van der Waals surface area contributed by atoms with Crippen molar-refractivity contribution in [1.82, 2.24) is 5.16 Å². The summed E-state index contributed by atoms with van der Waals surface area (Å²) >= 11 is 0. The van der Waals surface area contributed by atoms with Crippen molar-refractivity contribution >= 4 is 6.08 Å². The zero-order valence-electron chi connectivity index (χ0n) is 12.2. The van der Waals surface area contributed by atoms with E-state index in [1.165, 1.54) is 0 Å². The van der Waals surface area contributed by atoms with E-state index in [9.17, 15) is 5.11 Å². The van der Waals surface area contributed by atoms with Crippen molar-refractivity contribution in [3.63, 3.8) is 0 Å². The molecule has 1 heterocycles. The molecule has 1 aromatic carbocycles. The van der Waals surface area contributed by atoms with E-state index >= 15 is 0 Å². The van der Waals surface area contributed by atoms with Gasteiger partial charge in [0.1, 0.15) is 11.5 Å². The van der Waals surface area contributed by atoms with Crippen LogP contribution >= 0.6 is 0 Å². The summed E-state index contributed by atoms with van der Waals surface area (Å²) in [5.74, 6) is 1.30. The van der Waals surface area contributed by atoms with Gasteiger partial charge in [-0.3, -0.25) is 0 Å². The first-order chi connectivity index (χ1) is 10.3. The van der Waals surface area contributed by atoms with Gasteiger partial charge in [-0.1, -0.05) is 61.0 Å². The highest BCUT2D eigenvalue weighted by Gasteiger charge is 2.19. The first-order valence-corrected chi connectivity index (χ1v) is 7.40. The lowest BCUT2D eigenvalue weighted by Gasteiger charge is -2.10. The lowest BCUT2D eigenvalue weighted by Crippen LogP contribution is -1.99. The number of nitrogens with zero attached hydrogens (tertiary/aromatic N) is 1. The summed E-state index contributed by atoms with van der Waals surface area (Å²) in [5.41, 5.74) is 4.01. The Hall–Kier alpha value is -2.29. The van der Waals surface area contributed by atoms with E-state index in [4.69, 9.17) is 4.52 Å². The molecule has 1 aliphatic rings. The Morgan fingerprint density at radius 1 is 1.24 bits per heavy atom. The molecule has 0 aliphatic heterocycles. The van der Waals surface area contributed by atoms with Gasteiger partial charge in [-0.15, -0.1) is 0 Å². The molecule has 0 fully saturated rings. The largest absolute Gasteiger partial charge is 0.512 e. The van der Waals surface area contributed by atoms with Crippen LogP contribution in [0.4, 0.5) is 0 Å². The van der Waals surface area contributed by atoms with Crippen LogP contribution in [0, 0.1) is 0 Å². The van der Waals surface area contributed by atoms with E-state index in [0.717, 1.165) is 41.0 Å². The van der Waals surface area contributed by atoms with Gasteiger partial charge in [0.25, 0.3) is 0 Å². The number of allylic oxidation sites excluding steroid dienone is 2. The molecule has 3 nitrogen and oxygen atoms in total. The smallest absolute Gasteiger partial charge is 0.148 e. The second-order valence-electron chi connectivity index (χ2n) is 5.32. The normalized spacial score (nSPS) is 18.1. The summed E-state index contributed by atoms with van der Waals surface area (Å²) in [6.45, 7) is 2.12. The molecule has 3 rings (SSSR count). The van der Waals surface area contributed by atoms with Crippen LogP contribution in [0.3, 0.4) is 0 Å². The van der Waals surface area contributed by atoms with Gasteiger partial charge in [0.15, 0.2) is 0 Å². The molecular weight excluding hydrogens is 262 g/mol. The molecule has 3 heteroatoms. The molecule has 0 bridgehead atoms. The van der Waals surface area contributed by atoms with Gasteiger partial charge in [-0.05, 0) is 12.0 Å². The first kappa shape index (κ1) is 13.7. The van der Waals surface area contributed by atoms with Crippen molar-refractivity contribution in [2.45, 2.75) is 32.6 Å². The molecule has 0 unspecified atom stereocenters. The summed E-state index contributed by atoms with van der Waals surface area (Å²) in [4.78, 5) is 0. The molecule has 1 N–H and O–H groups in total. The number of benzene rings is 1. The van der Waals surface area contributed by atoms with E-state index in [1.54, 1.807) is 0 Å². The highest BCUT2D eigenvalue weighted by atomic mass is 16.5. The van der Waals surface area contributed by atoms with Crippen molar-refractivity contribution in [3.8, 4) is 11.3 Å². The van der Waals surface area contributed by atoms with Crippen LogP contribution in [-0.4, -0.2) is 10.3 Å². The summed E-state index contributed by atoms with van der Waals surface area (Å²) in [6, 6.07) is 10.0. The fraction of sp³-hybridized carbons (Fsp3) is 0.278. The molecule has 2 aromatic rings. The Morgan fingerprint density at radius 3 is 2.81 bits per heavy atom. The van der Waals surface area contributed by atoms with Gasteiger partial charge in [0.05, 0.1) is 5.76 Å². The Bertz CT molecular complexity index is 680. The second kappa shape index (κ2) is 6.00. The minimum absolute atomic E-state index is 0.469. The monoisotopic (exact) mass is 281 g/mol. The average Bonchev–Trinajstić information content (AvgIpc) is 2.88. The maximum Gasteiger partial charge on any atom is 0.148 e. The van der Waals surface area contributed by atoms with Crippen LogP contribution in [0.1, 0.15) is 37.5 Å². The van der Waals surface area contributed by atoms with Gasteiger partial charge in [-0.2, -0.15) is 0 Å². The van der Waals surface area contributed by atoms with Crippen molar-refractivity contribution in [2.24, 2.45) is 0 Å². The summed E-state index contributed by atoms with van der Waals surface area (Å²) in [7, 11) is 0. The molecular formula is C18H19NO2. The number of aliphatic hydroxyl groups is 1. The number of hydrogen-bond acceptors (Lipinski definition) is 3. The molecule has 0 atom stereocenters. The fourth-order valence-corrected chi connectivity index (χ4v) is 2.70. The summed E-state index contributed by atoms with van der Waals surface area (Å²) in [5, 5.41) is 14.4. The van der Waals surface area contributed by atoms with Gasteiger partial charge >= 0.3 is 0 Å². The number of rotatable bonds is 3. The van der Waals surface area contributed by atoms with E-state index in [1.807, 2.05) is 42.5 Å². The number of aromatic nitrogens is 1. The van der Waals surface area contributed by atoms with Crippen LogP contribution in [0.15, 0.2) is 52.3 Å². The third-order valence-electron chi connectivity index (χ3n) is 3.78. The van der Waals surface area contributed by atoms with Crippen molar-refractivity contribution in [1.29, 1.82) is 0 Å². The van der Waals surface area contributed by atoms with Gasteiger partial charge in [-0.25, -0.2) is 0 Å². The molecule has 1 aromatic heterocycles. The third-order valence-corrected chi connectivity index (χ3v) is 3.78. The lowest BCUT2D eigenvalue weighted by atomic mass is 9.96. The molecule has 0 saturated heterocycles. The Labute approximate surface area is 124 Å². The molecule has 0 saturated carbocycles. The van der Waals surface area contributed by atoms with Crippen molar-refractivity contribution in [3.05, 3.63) is 59.1 Å². The summed E-state index contributed by atoms with van der Waals surface area (Å²) in [6.07, 6.45) is 7.10. The van der Waals surface area contributed by atoms with E-state index in [2.05, 4.69) is 12.1 Å². The quantitative estimate of drug-likeness (QED) is 0.869. The zero-order valence-corrected chi connectivity index (χ0v) is 12.2. The molecule has 21 heavy (non-hydrogen) atoms. The standard InChI is InChI=1S/C18H19NO2/c1-2-7-14-12-17-15(10-6-11-16(14)20)18(19-21-17)13-8-4-3-5-9-13/h3-6,8-10,20H,2,7,11-12H2,1H3/b10-6?,16-14+. The first-order valence-electron chi connectivity index (χ1n) is 7.40. The molecule has 108 valence electrons. The minimum atomic E-state index is 0.469. The maximum absolute atomic E-state index is 10.1. The van der Waals surface area contributed by atoms with Crippen LogP contribution in [0.5, 0.6) is 0 Å². The predicted octanol–water partition coefficient (Wildman–Crippen LogP) is 4.91. The van der Waals surface area contributed by atoms with Crippen LogP contribution in [0.25, 0.3) is 17.3 Å². The van der Waals surface area contributed by atoms with Crippen molar-refractivity contribution < 1.29 is 9.63 Å². The molecule has 0 amide bonds. The fourth-order valence-electron chi connectivity index (χ4n) is 2.70. The Morgan fingerprint density at radius 2 is 2.05 bits per heavy atom. The highest BCUT2D eigenvalue weighted by molar-refractivity contribution is 5.73. The number of aliphatic hydroxyl groups excluding tert-OH is 1. The lowest BCUT2D eigenvalue weighted by molar-refractivity contribution is 0.371. The van der Waals surface area contributed by atoms with Gasteiger partial charge in [0, 0.05) is 24.0 Å². The second-order valence-corrected chi connectivity index (χ2v) is 5.32. The van der Waals surface area contributed by atoms with E-state index in [-0.39, 0.29) is 0 Å². The van der Waals surface area contributed by atoms with Crippen LogP contribution < -0.4 is 0 Å². The molecule has 1 aliphatic carbocycles. The average molecular weight is 281 g/mol. The highest BCUT2D eigenvalue weighted by Crippen LogP contribution is 2.31. The zero-order chi connectivity index (χ0) is 14.7. The van der Waals surface area contributed by atoms with Gasteiger partial charge in [0.2, 0.25) is 0 Å². The van der Waals surface area contributed by atoms with E-state index in [0.29, 0.717) is 18.6 Å². The number of hydrogen-bond donors (Lipinski definition) is 1. The topological polar surface area (TPSA) is 46.3 Å². The van der Waals surface area contributed by atoms with Gasteiger partial charge < -0.3 is 9.63 Å². The minimum Gasteiger partial charge on any atom is -0.512 e. The maximum atomic E-state index is 10.1. The van der Waals surface area contributed by atoms with E-state index < -0.39 is 0 Å². The van der Waals surface area contributed by atoms with Crippen LogP contribution in [0.2, 0.25) is 0 Å². The van der Waals surface area contributed by atoms with Crippen molar-refractivity contribution in [2.75, 3.05) is 0 Å². The summed E-state index contributed by atoms with van der Waals surface area (Å²) < 4.78 is 5.56. The molecule has 0 radical (unpaired) electrons. The van der Waals surface area contributed by atoms with Crippen LogP contribution in [-0.2, 0) is 6.42 Å². The predicted molar refractivity (Wildman–Crippen MR) is 83.9 cm³/mol. The Kier molecular flexibility index (Phi) is 3.91. The Balaban J connectivity index is 2.02. The third kappa shape index (κ3) is 2.77. The SMILES string of the molecule is CCC/C1=C(\O)CC=Cc2c(-c3ccccc3)noc2C1. The molecule has 0 spiro atoms.